The number of hydrogen-bond acceptors (Lipinski definition) is 6. The van der Waals surface area contributed by atoms with Crippen molar-refractivity contribution in [1.29, 1.82) is 0 Å². The molecule has 0 aromatic carbocycles. The number of carbonyl (C=O) groups excluding carboxylic acids is 1. The Balaban J connectivity index is 1.91. The van der Waals surface area contributed by atoms with Gasteiger partial charge in [0.25, 0.3) is 0 Å². The molecule has 1 amide bonds. The molecule has 7 heteroatoms. The van der Waals surface area contributed by atoms with Gasteiger partial charge in [-0.25, -0.2) is 4.98 Å². The zero-order valence-electron chi connectivity index (χ0n) is 9.34. The second kappa shape index (κ2) is 5.33. The van der Waals surface area contributed by atoms with Crippen molar-refractivity contribution in [2.24, 2.45) is 0 Å². The zero-order chi connectivity index (χ0) is 12.3. The monoisotopic (exact) mass is 269 g/mol. The maximum absolute atomic E-state index is 11.8. The van der Waals surface area contributed by atoms with Gasteiger partial charge >= 0.3 is 0 Å². The van der Waals surface area contributed by atoms with E-state index in [4.69, 9.17) is 4.52 Å². The van der Waals surface area contributed by atoms with Crippen molar-refractivity contribution in [3.63, 3.8) is 0 Å². The van der Waals surface area contributed by atoms with Gasteiger partial charge < -0.3 is 4.52 Å². The molecule has 90 valence electrons. The first-order chi connectivity index (χ1) is 8.15. The molecular formula is C10H11N3O2S2. The Morgan fingerprint density at radius 1 is 1.65 bits per heavy atom. The number of rotatable bonds is 4. The summed E-state index contributed by atoms with van der Waals surface area (Å²) in [6.07, 6.45) is 1.72. The number of nitrogens with zero attached hydrogens (tertiary/aromatic N) is 2. The summed E-state index contributed by atoms with van der Waals surface area (Å²) >= 11 is 2.93. The van der Waals surface area contributed by atoms with Crippen molar-refractivity contribution in [3.05, 3.63) is 23.3 Å². The Morgan fingerprint density at radius 3 is 3.06 bits per heavy atom. The van der Waals surface area contributed by atoms with Gasteiger partial charge in [0.2, 0.25) is 11.8 Å². The molecule has 0 unspecified atom stereocenters. The molecule has 0 aliphatic rings. The van der Waals surface area contributed by atoms with Gasteiger partial charge in [-0.15, -0.1) is 11.3 Å². The van der Waals surface area contributed by atoms with Gasteiger partial charge in [0, 0.05) is 17.6 Å². The first kappa shape index (κ1) is 12.1. The Kier molecular flexibility index (Phi) is 3.80. The summed E-state index contributed by atoms with van der Waals surface area (Å²) in [7, 11) is 0. The minimum Gasteiger partial charge on any atom is -0.338 e. The number of aromatic nitrogens is 2. The van der Waals surface area contributed by atoms with Crippen LogP contribution in [0.5, 0.6) is 0 Å². The van der Waals surface area contributed by atoms with Crippen LogP contribution in [0, 0.1) is 6.92 Å². The summed E-state index contributed by atoms with van der Waals surface area (Å²) in [5, 5.41) is 8.01. The smallest absolute Gasteiger partial charge is 0.240 e. The van der Waals surface area contributed by atoms with Crippen molar-refractivity contribution >= 4 is 34.9 Å². The van der Waals surface area contributed by atoms with Gasteiger partial charge in [-0.1, -0.05) is 16.9 Å². The van der Waals surface area contributed by atoms with Gasteiger partial charge in [0.15, 0.2) is 4.34 Å². The minimum atomic E-state index is -0.230. The van der Waals surface area contributed by atoms with E-state index >= 15 is 0 Å². The SMILES string of the molecule is Cc1cc(NC(=O)[C@H](C)Sc2nccs2)on1. The minimum absolute atomic E-state index is 0.124. The molecule has 0 fully saturated rings. The van der Waals surface area contributed by atoms with Crippen LogP contribution in [0.3, 0.4) is 0 Å². The molecule has 0 aliphatic heterocycles. The normalized spacial score (nSPS) is 12.4. The molecule has 0 spiro atoms. The number of thiazole rings is 1. The van der Waals surface area contributed by atoms with Crippen molar-refractivity contribution in [3.8, 4) is 0 Å². The lowest BCUT2D eigenvalue weighted by Crippen LogP contribution is -2.21. The summed E-state index contributed by atoms with van der Waals surface area (Å²) in [5.74, 6) is 0.250. The first-order valence-corrected chi connectivity index (χ1v) is 6.71. The standard InChI is InChI=1S/C10H11N3O2S2/c1-6-5-8(15-13-6)12-9(14)7(2)17-10-11-3-4-16-10/h3-5,7H,1-2H3,(H,12,14)/t7-/m0/s1. The van der Waals surface area contributed by atoms with E-state index in [-0.39, 0.29) is 11.2 Å². The van der Waals surface area contributed by atoms with E-state index in [1.54, 1.807) is 19.2 Å². The van der Waals surface area contributed by atoms with E-state index in [9.17, 15) is 4.79 Å². The van der Waals surface area contributed by atoms with Crippen molar-refractivity contribution < 1.29 is 9.32 Å². The van der Waals surface area contributed by atoms with Crippen LogP contribution in [0.25, 0.3) is 0 Å². The number of nitrogens with one attached hydrogen (secondary N) is 1. The largest absolute Gasteiger partial charge is 0.338 e. The van der Waals surface area contributed by atoms with E-state index in [2.05, 4.69) is 15.5 Å². The number of hydrogen-bond donors (Lipinski definition) is 1. The zero-order valence-corrected chi connectivity index (χ0v) is 11.0. The molecule has 0 aliphatic carbocycles. The van der Waals surface area contributed by atoms with Crippen LogP contribution >= 0.6 is 23.1 Å². The van der Waals surface area contributed by atoms with Crippen LogP contribution in [-0.4, -0.2) is 21.3 Å². The Bertz CT molecular complexity index is 495. The molecule has 0 saturated carbocycles. The molecule has 0 saturated heterocycles. The van der Waals surface area contributed by atoms with Crippen molar-refractivity contribution in [2.45, 2.75) is 23.4 Å². The summed E-state index contributed by atoms with van der Waals surface area (Å²) in [4.78, 5) is 15.9. The summed E-state index contributed by atoms with van der Waals surface area (Å²) in [5.41, 5.74) is 0.737. The third-order valence-corrected chi connectivity index (χ3v) is 3.95. The Morgan fingerprint density at radius 2 is 2.47 bits per heavy atom. The van der Waals surface area contributed by atoms with Gasteiger partial charge in [-0.2, -0.15) is 0 Å². The Hall–Kier alpha value is -1.34. The van der Waals surface area contributed by atoms with E-state index in [0.29, 0.717) is 5.88 Å². The van der Waals surface area contributed by atoms with Crippen molar-refractivity contribution in [1.82, 2.24) is 10.1 Å². The maximum atomic E-state index is 11.8. The highest BCUT2D eigenvalue weighted by Crippen LogP contribution is 2.25. The van der Waals surface area contributed by atoms with Crippen LogP contribution in [0.4, 0.5) is 5.88 Å². The molecule has 5 nitrogen and oxygen atoms in total. The molecular weight excluding hydrogens is 258 g/mol. The fourth-order valence-electron chi connectivity index (χ4n) is 1.12. The molecule has 0 radical (unpaired) electrons. The quantitative estimate of drug-likeness (QED) is 0.864. The number of carbonyl (C=O) groups is 1. The van der Waals surface area contributed by atoms with Gasteiger partial charge in [0.05, 0.1) is 10.9 Å². The van der Waals surface area contributed by atoms with Gasteiger partial charge in [0.1, 0.15) is 0 Å². The van der Waals surface area contributed by atoms with Crippen LogP contribution < -0.4 is 5.32 Å². The van der Waals surface area contributed by atoms with Crippen LogP contribution in [0.1, 0.15) is 12.6 Å². The Labute approximate surface area is 107 Å². The number of amides is 1. The van der Waals surface area contributed by atoms with Gasteiger partial charge in [-0.05, 0) is 13.8 Å². The van der Waals surface area contributed by atoms with Gasteiger partial charge in [-0.3, -0.25) is 10.1 Å². The maximum Gasteiger partial charge on any atom is 0.240 e. The summed E-state index contributed by atoms with van der Waals surface area (Å²) < 4.78 is 5.79. The first-order valence-electron chi connectivity index (χ1n) is 4.95. The fourth-order valence-corrected chi connectivity index (χ4v) is 2.89. The van der Waals surface area contributed by atoms with Crippen LogP contribution in [-0.2, 0) is 4.79 Å². The fraction of sp³-hybridized carbons (Fsp3) is 0.300. The third-order valence-electron chi connectivity index (χ3n) is 1.93. The summed E-state index contributed by atoms with van der Waals surface area (Å²) in [6, 6.07) is 1.68. The van der Waals surface area contributed by atoms with E-state index in [0.717, 1.165) is 10.0 Å². The molecule has 17 heavy (non-hydrogen) atoms. The highest BCUT2D eigenvalue weighted by Gasteiger charge is 2.17. The number of anilines is 1. The molecule has 2 rings (SSSR count). The predicted molar refractivity (Wildman–Crippen MR) is 67.3 cm³/mol. The lowest BCUT2D eigenvalue weighted by atomic mass is 10.4. The third kappa shape index (κ3) is 3.31. The average Bonchev–Trinajstić information content (AvgIpc) is 2.90. The number of aryl methyl sites for hydroxylation is 1. The number of thioether (sulfide) groups is 1. The molecule has 1 N–H and O–H groups in total. The molecule has 2 heterocycles. The molecule has 2 aromatic rings. The highest BCUT2D eigenvalue weighted by atomic mass is 32.2. The molecule has 0 bridgehead atoms. The molecule has 1 atom stereocenters. The average molecular weight is 269 g/mol. The second-order valence-corrected chi connectivity index (χ2v) is 5.86. The topological polar surface area (TPSA) is 68.0 Å². The molecule has 2 aromatic heterocycles. The summed E-state index contributed by atoms with van der Waals surface area (Å²) in [6.45, 7) is 3.62. The van der Waals surface area contributed by atoms with Crippen LogP contribution in [0.2, 0.25) is 0 Å². The van der Waals surface area contributed by atoms with E-state index < -0.39 is 0 Å². The lowest BCUT2D eigenvalue weighted by Gasteiger charge is -2.07. The van der Waals surface area contributed by atoms with E-state index in [1.165, 1.54) is 23.1 Å². The highest BCUT2D eigenvalue weighted by molar-refractivity contribution is 8.02. The van der Waals surface area contributed by atoms with E-state index in [1.807, 2.05) is 12.3 Å². The van der Waals surface area contributed by atoms with Crippen LogP contribution in [0.15, 0.2) is 26.5 Å². The lowest BCUT2D eigenvalue weighted by molar-refractivity contribution is -0.115. The second-order valence-electron chi connectivity index (χ2n) is 3.38. The van der Waals surface area contributed by atoms with Crippen molar-refractivity contribution in [2.75, 3.05) is 5.32 Å². The predicted octanol–water partition coefficient (Wildman–Crippen LogP) is 2.56.